The fourth-order valence-corrected chi connectivity index (χ4v) is 7.36. The molecule has 0 rings (SSSR count). The highest BCUT2D eigenvalue weighted by Gasteiger charge is 2.27. The standard InChI is InChI=1S/C43H83NO6S/c1-3-5-7-9-11-13-15-17-19-21-23-25-27-29-31-33-35-37-41(45)40(39-51(48,49)50)44-43(47)42(46)38-36-34-32-30-28-26-24-22-20-18-16-14-12-10-8-6-4-2/h24,26,35,37,40-42,45-46H,3-23,25,27-34,36,38-39H2,1-2H3,(H,44,47)(H,48,49,50)/b26-24-,37-35+. The average molecular weight is 742 g/mol. The normalized spacial score (nSPS) is 14.1. The third-order valence-corrected chi connectivity index (χ3v) is 10.8. The van der Waals surface area contributed by atoms with Crippen LogP contribution >= 0.6 is 0 Å². The van der Waals surface area contributed by atoms with E-state index in [9.17, 15) is 28.0 Å². The quantitative estimate of drug-likeness (QED) is 0.0282. The average Bonchev–Trinajstić information content (AvgIpc) is 3.09. The first kappa shape index (κ1) is 49.8. The van der Waals surface area contributed by atoms with E-state index in [4.69, 9.17) is 0 Å². The molecule has 3 unspecified atom stereocenters. The Hall–Kier alpha value is -1.22. The summed E-state index contributed by atoms with van der Waals surface area (Å²) in [6.45, 7) is 4.52. The van der Waals surface area contributed by atoms with Crippen molar-refractivity contribution in [2.45, 2.75) is 238 Å². The molecule has 0 fully saturated rings. The third-order valence-electron chi connectivity index (χ3n) is 9.98. The summed E-state index contributed by atoms with van der Waals surface area (Å²) in [5, 5.41) is 23.4. The summed E-state index contributed by atoms with van der Waals surface area (Å²) in [4.78, 5) is 12.6. The van der Waals surface area contributed by atoms with Gasteiger partial charge in [-0.25, -0.2) is 0 Å². The van der Waals surface area contributed by atoms with Crippen LogP contribution in [-0.2, 0) is 14.9 Å². The molecule has 0 aromatic heterocycles. The van der Waals surface area contributed by atoms with Crippen molar-refractivity contribution in [2.24, 2.45) is 0 Å². The Morgan fingerprint density at radius 3 is 1.24 bits per heavy atom. The van der Waals surface area contributed by atoms with Gasteiger partial charge < -0.3 is 15.5 Å². The predicted molar refractivity (Wildman–Crippen MR) is 218 cm³/mol. The van der Waals surface area contributed by atoms with E-state index in [1.165, 1.54) is 147 Å². The van der Waals surface area contributed by atoms with Gasteiger partial charge in [0.2, 0.25) is 5.91 Å². The summed E-state index contributed by atoms with van der Waals surface area (Å²) in [5.74, 6) is -1.54. The lowest BCUT2D eigenvalue weighted by atomic mass is 10.0. The van der Waals surface area contributed by atoms with Gasteiger partial charge in [-0.3, -0.25) is 9.35 Å². The minimum atomic E-state index is -4.44. The molecule has 0 aliphatic heterocycles. The van der Waals surface area contributed by atoms with Crippen LogP contribution in [0.25, 0.3) is 0 Å². The highest BCUT2D eigenvalue weighted by Crippen LogP contribution is 2.15. The van der Waals surface area contributed by atoms with Crippen molar-refractivity contribution in [3.63, 3.8) is 0 Å². The highest BCUT2D eigenvalue weighted by atomic mass is 32.2. The molecule has 8 heteroatoms. The Morgan fingerprint density at radius 1 is 0.529 bits per heavy atom. The Morgan fingerprint density at radius 2 is 0.863 bits per heavy atom. The second-order valence-electron chi connectivity index (χ2n) is 15.1. The van der Waals surface area contributed by atoms with Crippen LogP contribution in [0, 0.1) is 0 Å². The summed E-state index contributed by atoms with van der Waals surface area (Å²) in [6, 6.07) is -1.23. The SMILES string of the molecule is CCCCCCCCCCC/C=C\CCCCCCC(O)C(=O)NC(CS(=O)(=O)O)C(O)/C=C/CCCCCCCCCCCCCCCCC. The Labute approximate surface area is 316 Å². The van der Waals surface area contributed by atoms with E-state index in [0.717, 1.165) is 51.4 Å². The molecule has 0 aliphatic carbocycles. The molecular weight excluding hydrogens is 659 g/mol. The molecule has 0 spiro atoms. The molecular formula is C43H83NO6S. The molecule has 0 aromatic rings. The van der Waals surface area contributed by atoms with Gasteiger partial charge in [-0.1, -0.05) is 199 Å². The van der Waals surface area contributed by atoms with E-state index in [0.29, 0.717) is 6.42 Å². The maximum absolute atomic E-state index is 12.6. The van der Waals surface area contributed by atoms with Gasteiger partial charge in [-0.15, -0.1) is 0 Å². The van der Waals surface area contributed by atoms with Crippen molar-refractivity contribution in [2.75, 3.05) is 5.75 Å². The molecule has 7 nitrogen and oxygen atoms in total. The monoisotopic (exact) mass is 742 g/mol. The summed E-state index contributed by atoms with van der Waals surface area (Å²) < 4.78 is 32.5. The number of aliphatic hydroxyl groups is 2. The van der Waals surface area contributed by atoms with Gasteiger partial charge >= 0.3 is 0 Å². The molecule has 3 atom stereocenters. The molecule has 0 saturated heterocycles. The zero-order chi connectivity index (χ0) is 37.7. The van der Waals surface area contributed by atoms with Crippen molar-refractivity contribution >= 4 is 16.0 Å². The van der Waals surface area contributed by atoms with Gasteiger partial charge in [0.05, 0.1) is 17.9 Å². The second-order valence-corrected chi connectivity index (χ2v) is 16.6. The van der Waals surface area contributed by atoms with E-state index in [1.807, 2.05) is 0 Å². The van der Waals surface area contributed by atoms with Crippen molar-refractivity contribution < 1.29 is 28.0 Å². The second kappa shape index (κ2) is 37.1. The van der Waals surface area contributed by atoms with Crippen LogP contribution in [0.1, 0.15) is 219 Å². The van der Waals surface area contributed by atoms with Crippen molar-refractivity contribution in [3.05, 3.63) is 24.3 Å². The van der Waals surface area contributed by atoms with Gasteiger partial charge in [0, 0.05) is 0 Å². The molecule has 0 aliphatic rings. The van der Waals surface area contributed by atoms with Crippen molar-refractivity contribution in [1.29, 1.82) is 0 Å². The van der Waals surface area contributed by atoms with Gasteiger partial charge in [0.15, 0.2) is 0 Å². The first-order valence-corrected chi connectivity index (χ1v) is 23.3. The van der Waals surface area contributed by atoms with Crippen LogP contribution in [0.4, 0.5) is 0 Å². The van der Waals surface area contributed by atoms with E-state index in [1.54, 1.807) is 6.08 Å². The van der Waals surface area contributed by atoms with Crippen molar-refractivity contribution in [1.82, 2.24) is 5.32 Å². The number of hydrogen-bond acceptors (Lipinski definition) is 5. The highest BCUT2D eigenvalue weighted by molar-refractivity contribution is 7.85. The van der Waals surface area contributed by atoms with Gasteiger partial charge in [-0.2, -0.15) is 8.42 Å². The smallest absolute Gasteiger partial charge is 0.267 e. The summed E-state index contributed by atoms with van der Waals surface area (Å²) >= 11 is 0. The van der Waals surface area contributed by atoms with E-state index in [2.05, 4.69) is 31.3 Å². The third kappa shape index (κ3) is 36.9. The molecule has 0 aromatic carbocycles. The maximum atomic E-state index is 12.6. The van der Waals surface area contributed by atoms with Crippen LogP contribution in [0.2, 0.25) is 0 Å². The topological polar surface area (TPSA) is 124 Å². The number of allylic oxidation sites excluding steroid dienone is 3. The number of nitrogens with one attached hydrogen (secondary N) is 1. The fourth-order valence-electron chi connectivity index (χ4n) is 6.63. The molecule has 0 bridgehead atoms. The van der Waals surface area contributed by atoms with E-state index < -0.39 is 40.0 Å². The minimum absolute atomic E-state index is 0.268. The van der Waals surface area contributed by atoms with Crippen LogP contribution < -0.4 is 5.32 Å². The number of unbranched alkanes of at least 4 members (excludes halogenated alkanes) is 28. The molecule has 0 heterocycles. The largest absolute Gasteiger partial charge is 0.387 e. The lowest BCUT2D eigenvalue weighted by Crippen LogP contribution is -2.50. The predicted octanol–water partition coefficient (Wildman–Crippen LogP) is 11.7. The number of amides is 1. The molecule has 51 heavy (non-hydrogen) atoms. The fraction of sp³-hybridized carbons (Fsp3) is 0.884. The van der Waals surface area contributed by atoms with Gasteiger partial charge in [-0.05, 0) is 44.9 Å². The van der Waals surface area contributed by atoms with Crippen LogP contribution in [0.5, 0.6) is 0 Å². The molecule has 302 valence electrons. The minimum Gasteiger partial charge on any atom is -0.387 e. The number of hydrogen-bond donors (Lipinski definition) is 4. The first-order valence-electron chi connectivity index (χ1n) is 21.6. The lowest BCUT2D eigenvalue weighted by Gasteiger charge is -2.22. The van der Waals surface area contributed by atoms with Gasteiger partial charge in [0.25, 0.3) is 10.1 Å². The molecule has 0 saturated carbocycles. The van der Waals surface area contributed by atoms with Gasteiger partial charge in [0.1, 0.15) is 6.10 Å². The van der Waals surface area contributed by atoms with E-state index >= 15 is 0 Å². The van der Waals surface area contributed by atoms with Crippen LogP contribution in [-0.4, -0.2) is 53.1 Å². The maximum Gasteiger partial charge on any atom is 0.267 e. The van der Waals surface area contributed by atoms with Crippen LogP contribution in [0.15, 0.2) is 24.3 Å². The summed E-state index contributed by atoms with van der Waals surface area (Å²) in [7, 11) is -4.44. The Bertz CT molecular complexity index is 921. The number of rotatable bonds is 39. The Balaban J connectivity index is 4.02. The summed E-state index contributed by atoms with van der Waals surface area (Å²) in [6.07, 6.45) is 43.7. The first-order chi connectivity index (χ1) is 24.7. The van der Waals surface area contributed by atoms with Crippen LogP contribution in [0.3, 0.4) is 0 Å². The molecule has 0 radical (unpaired) electrons. The zero-order valence-electron chi connectivity index (χ0n) is 33.4. The molecule has 4 N–H and O–H groups in total. The Kier molecular flexibility index (Phi) is 36.2. The zero-order valence-corrected chi connectivity index (χ0v) is 34.2. The number of aliphatic hydroxyl groups excluding tert-OH is 2. The number of carbonyl (C=O) groups is 1. The lowest BCUT2D eigenvalue weighted by molar-refractivity contribution is -0.130. The summed E-state index contributed by atoms with van der Waals surface area (Å²) in [5.41, 5.74) is 0. The number of carbonyl (C=O) groups excluding carboxylic acids is 1. The van der Waals surface area contributed by atoms with E-state index in [-0.39, 0.29) is 6.42 Å². The van der Waals surface area contributed by atoms with Crippen molar-refractivity contribution in [3.8, 4) is 0 Å². The molecule has 1 amide bonds.